The summed E-state index contributed by atoms with van der Waals surface area (Å²) < 4.78 is 10.3. The fourth-order valence-electron chi connectivity index (χ4n) is 0.953. The molecule has 0 atom stereocenters. The summed E-state index contributed by atoms with van der Waals surface area (Å²) >= 11 is 0. The van der Waals surface area contributed by atoms with E-state index in [0.29, 0.717) is 6.54 Å². The molecule has 0 unspecified atom stereocenters. The van der Waals surface area contributed by atoms with Gasteiger partial charge in [-0.1, -0.05) is 0 Å². The molecule has 3 N–H and O–H groups in total. The van der Waals surface area contributed by atoms with E-state index in [-0.39, 0.29) is 0 Å². The number of hydrogen-bond acceptors (Lipinski definition) is 4. The van der Waals surface area contributed by atoms with Crippen LogP contribution in [0.2, 0.25) is 6.04 Å². The zero-order chi connectivity index (χ0) is 9.23. The van der Waals surface area contributed by atoms with Crippen LogP contribution in [0.25, 0.3) is 0 Å². The molecular weight excluding hydrogens is 172 g/mol. The third-order valence-electron chi connectivity index (χ3n) is 1.64. The minimum Gasteiger partial charge on any atom is -0.400 e. The summed E-state index contributed by atoms with van der Waals surface area (Å²) in [4.78, 5) is 0. The van der Waals surface area contributed by atoms with Gasteiger partial charge in [-0.25, -0.2) is 0 Å². The van der Waals surface area contributed by atoms with Crippen molar-refractivity contribution >= 4 is 9.28 Å². The third kappa shape index (κ3) is 6.75. The van der Waals surface area contributed by atoms with E-state index in [1.165, 1.54) is 0 Å². The van der Waals surface area contributed by atoms with Crippen molar-refractivity contribution in [3.8, 4) is 0 Å². The van der Waals surface area contributed by atoms with Gasteiger partial charge in [0.05, 0.1) is 0 Å². The molecule has 0 rings (SSSR count). The highest BCUT2D eigenvalue weighted by Gasteiger charge is 2.07. The predicted octanol–water partition coefficient (Wildman–Crippen LogP) is -0.562. The van der Waals surface area contributed by atoms with Crippen LogP contribution < -0.4 is 11.1 Å². The van der Waals surface area contributed by atoms with Gasteiger partial charge in [-0.15, -0.1) is 0 Å². The van der Waals surface area contributed by atoms with Crippen molar-refractivity contribution in [2.75, 3.05) is 33.9 Å². The van der Waals surface area contributed by atoms with Gasteiger partial charge in [0.1, 0.15) is 0 Å². The molecule has 0 aromatic carbocycles. The third-order valence-corrected chi connectivity index (χ3v) is 3.57. The SMILES string of the molecule is CO[SiH](CCCNCCN)OC. The molecular formula is C7H20N2O2Si. The quantitative estimate of drug-likeness (QED) is 0.400. The highest BCUT2D eigenvalue weighted by molar-refractivity contribution is 6.44. The Labute approximate surface area is 76.3 Å². The first kappa shape index (κ1) is 12.1. The lowest BCUT2D eigenvalue weighted by Crippen LogP contribution is -2.25. The summed E-state index contributed by atoms with van der Waals surface area (Å²) in [5.74, 6) is 0. The molecule has 0 fully saturated rings. The molecule has 0 amide bonds. The molecule has 0 saturated carbocycles. The van der Waals surface area contributed by atoms with Crippen molar-refractivity contribution < 1.29 is 8.85 Å². The standard InChI is InChI=1S/C7H20N2O2Si/c1-10-12(11-2)7-3-5-9-6-4-8/h9,12H,3-8H2,1-2H3. The van der Waals surface area contributed by atoms with Crippen LogP contribution in [0.4, 0.5) is 0 Å². The van der Waals surface area contributed by atoms with Gasteiger partial charge in [-0.05, 0) is 19.0 Å². The fraction of sp³-hybridized carbons (Fsp3) is 1.00. The van der Waals surface area contributed by atoms with E-state index in [4.69, 9.17) is 14.6 Å². The lowest BCUT2D eigenvalue weighted by Gasteiger charge is -2.10. The van der Waals surface area contributed by atoms with Crippen LogP contribution in [-0.2, 0) is 8.85 Å². The Morgan fingerprint density at radius 3 is 2.42 bits per heavy atom. The molecule has 0 saturated heterocycles. The molecule has 0 heterocycles. The van der Waals surface area contributed by atoms with E-state index in [9.17, 15) is 0 Å². The topological polar surface area (TPSA) is 56.5 Å². The zero-order valence-electron chi connectivity index (χ0n) is 8.01. The van der Waals surface area contributed by atoms with E-state index in [2.05, 4.69) is 5.32 Å². The average Bonchev–Trinajstić information content (AvgIpc) is 2.11. The smallest absolute Gasteiger partial charge is 0.320 e. The van der Waals surface area contributed by atoms with Gasteiger partial charge in [0, 0.05) is 27.3 Å². The normalized spacial score (nSPS) is 11.0. The molecule has 12 heavy (non-hydrogen) atoms. The first-order valence-electron chi connectivity index (χ1n) is 4.31. The van der Waals surface area contributed by atoms with Crippen LogP contribution in [-0.4, -0.2) is 43.1 Å². The highest BCUT2D eigenvalue weighted by atomic mass is 28.3. The minimum absolute atomic E-state index is 0.704. The highest BCUT2D eigenvalue weighted by Crippen LogP contribution is 1.97. The zero-order valence-corrected chi connectivity index (χ0v) is 9.16. The molecule has 4 nitrogen and oxygen atoms in total. The molecule has 0 bridgehead atoms. The van der Waals surface area contributed by atoms with Gasteiger partial charge in [0.25, 0.3) is 0 Å². The van der Waals surface area contributed by atoms with Gasteiger partial charge < -0.3 is 19.9 Å². The van der Waals surface area contributed by atoms with Crippen molar-refractivity contribution in [1.29, 1.82) is 0 Å². The largest absolute Gasteiger partial charge is 0.400 e. The molecule has 74 valence electrons. The maximum Gasteiger partial charge on any atom is 0.320 e. The van der Waals surface area contributed by atoms with Crippen LogP contribution in [0, 0.1) is 0 Å². The van der Waals surface area contributed by atoms with Crippen molar-refractivity contribution in [1.82, 2.24) is 5.32 Å². The summed E-state index contributed by atoms with van der Waals surface area (Å²) in [6.45, 7) is 2.61. The molecule has 0 aliphatic heterocycles. The van der Waals surface area contributed by atoms with Crippen molar-refractivity contribution in [2.24, 2.45) is 5.73 Å². The number of hydrogen-bond donors (Lipinski definition) is 2. The molecule has 0 aromatic heterocycles. The molecule has 0 aliphatic rings. The summed E-state index contributed by atoms with van der Waals surface area (Å²) in [5, 5.41) is 3.22. The second-order valence-corrected chi connectivity index (χ2v) is 4.96. The van der Waals surface area contributed by atoms with E-state index in [0.717, 1.165) is 25.6 Å². The number of nitrogens with one attached hydrogen (secondary N) is 1. The number of rotatable bonds is 8. The van der Waals surface area contributed by atoms with Gasteiger partial charge >= 0.3 is 9.28 Å². The van der Waals surface area contributed by atoms with Gasteiger partial charge in [-0.2, -0.15) is 0 Å². The first-order valence-corrected chi connectivity index (χ1v) is 6.07. The van der Waals surface area contributed by atoms with E-state index >= 15 is 0 Å². The van der Waals surface area contributed by atoms with E-state index in [1.807, 2.05) is 0 Å². The van der Waals surface area contributed by atoms with Crippen molar-refractivity contribution in [3.05, 3.63) is 0 Å². The van der Waals surface area contributed by atoms with Crippen LogP contribution in [0.3, 0.4) is 0 Å². The lowest BCUT2D eigenvalue weighted by molar-refractivity contribution is 0.276. The van der Waals surface area contributed by atoms with Crippen LogP contribution in [0.15, 0.2) is 0 Å². The van der Waals surface area contributed by atoms with Crippen molar-refractivity contribution in [2.45, 2.75) is 12.5 Å². The monoisotopic (exact) mass is 192 g/mol. The van der Waals surface area contributed by atoms with Crippen LogP contribution in [0.5, 0.6) is 0 Å². The Balaban J connectivity index is 3.06. The van der Waals surface area contributed by atoms with E-state index in [1.54, 1.807) is 14.2 Å². The Kier molecular flexibility index (Phi) is 9.19. The predicted molar refractivity (Wildman–Crippen MR) is 52.5 cm³/mol. The van der Waals surface area contributed by atoms with Gasteiger partial charge in [0.2, 0.25) is 0 Å². The van der Waals surface area contributed by atoms with Gasteiger partial charge in [0.15, 0.2) is 0 Å². The molecule has 0 aromatic rings. The minimum atomic E-state index is -1.31. The Hall–Kier alpha value is 0.0569. The van der Waals surface area contributed by atoms with Crippen molar-refractivity contribution in [3.63, 3.8) is 0 Å². The summed E-state index contributed by atoms with van der Waals surface area (Å²) in [6.07, 6.45) is 1.11. The molecule has 5 heteroatoms. The second kappa shape index (κ2) is 9.15. The fourth-order valence-corrected chi connectivity index (χ4v) is 2.15. The Morgan fingerprint density at radius 1 is 1.25 bits per heavy atom. The summed E-state index contributed by atoms with van der Waals surface area (Å²) in [6, 6.07) is 1.06. The summed E-state index contributed by atoms with van der Waals surface area (Å²) in [5.41, 5.74) is 5.32. The first-order chi connectivity index (χ1) is 5.85. The molecule has 0 aliphatic carbocycles. The van der Waals surface area contributed by atoms with E-state index < -0.39 is 9.28 Å². The molecule has 0 spiro atoms. The lowest BCUT2D eigenvalue weighted by atomic mass is 10.5. The van der Waals surface area contributed by atoms with Crippen LogP contribution >= 0.6 is 0 Å². The summed E-state index contributed by atoms with van der Waals surface area (Å²) in [7, 11) is 2.12. The Morgan fingerprint density at radius 2 is 1.92 bits per heavy atom. The number of nitrogens with two attached hydrogens (primary N) is 1. The Bertz CT molecular complexity index is 91.5. The van der Waals surface area contributed by atoms with Gasteiger partial charge in [-0.3, -0.25) is 0 Å². The van der Waals surface area contributed by atoms with Crippen LogP contribution in [0.1, 0.15) is 6.42 Å². The maximum atomic E-state index is 5.32. The second-order valence-electron chi connectivity index (χ2n) is 2.58. The maximum absolute atomic E-state index is 5.32. The molecule has 0 radical (unpaired) electrons. The average molecular weight is 192 g/mol.